The minimum atomic E-state index is 0.227. The fraction of sp³-hybridized carbons (Fsp3) is 0.765. The van der Waals surface area contributed by atoms with Crippen molar-refractivity contribution in [3.63, 3.8) is 0 Å². The third kappa shape index (κ3) is 8.02. The molecule has 1 rings (SSSR count). The van der Waals surface area contributed by atoms with E-state index in [0.29, 0.717) is 18.4 Å². The van der Waals surface area contributed by atoms with E-state index in [9.17, 15) is 5.11 Å². The molecule has 132 valence electrons. The van der Waals surface area contributed by atoms with E-state index in [1.807, 2.05) is 19.9 Å². The maximum Gasteiger partial charge on any atom is 0.191 e. The molecule has 0 aliphatic carbocycles. The lowest BCUT2D eigenvalue weighted by Gasteiger charge is -2.20. The quantitative estimate of drug-likeness (QED) is 0.454. The van der Waals surface area contributed by atoms with Crippen LogP contribution in [0.15, 0.2) is 15.6 Å². The molecule has 1 heterocycles. The van der Waals surface area contributed by atoms with Crippen molar-refractivity contribution in [2.24, 2.45) is 16.8 Å². The molecule has 0 saturated carbocycles. The standard InChI is InChI=1S/C17H32N4O2/c1-5-15-10-16(23-21-15)12-20-17(18-6-2)19-11-14(7-8-22)9-13(3)4/h10,13-14,22H,5-9,11-12H2,1-4H3,(H2,18,19,20). The predicted octanol–water partition coefficient (Wildman–Crippen LogP) is 2.34. The molecule has 0 aliphatic rings. The number of aryl methyl sites for hydroxylation is 1. The van der Waals surface area contributed by atoms with Crippen LogP contribution in [0.4, 0.5) is 0 Å². The molecule has 6 heteroatoms. The maximum atomic E-state index is 9.20. The van der Waals surface area contributed by atoms with Crippen LogP contribution in [0.5, 0.6) is 0 Å². The first-order chi connectivity index (χ1) is 11.1. The zero-order valence-electron chi connectivity index (χ0n) is 14.9. The summed E-state index contributed by atoms with van der Waals surface area (Å²) < 4.78 is 5.26. The van der Waals surface area contributed by atoms with Gasteiger partial charge in [-0.05, 0) is 38.0 Å². The second-order valence-corrected chi connectivity index (χ2v) is 6.22. The van der Waals surface area contributed by atoms with Gasteiger partial charge in [-0.2, -0.15) is 0 Å². The van der Waals surface area contributed by atoms with Gasteiger partial charge < -0.3 is 20.3 Å². The van der Waals surface area contributed by atoms with Crippen molar-refractivity contribution in [3.8, 4) is 0 Å². The molecule has 1 atom stereocenters. The van der Waals surface area contributed by atoms with Crippen molar-refractivity contribution in [3.05, 3.63) is 17.5 Å². The summed E-state index contributed by atoms with van der Waals surface area (Å²) in [4.78, 5) is 4.54. The summed E-state index contributed by atoms with van der Waals surface area (Å²) in [7, 11) is 0. The van der Waals surface area contributed by atoms with Crippen molar-refractivity contribution in [1.29, 1.82) is 0 Å². The fourth-order valence-electron chi connectivity index (χ4n) is 2.49. The first-order valence-corrected chi connectivity index (χ1v) is 8.66. The van der Waals surface area contributed by atoms with E-state index in [0.717, 1.165) is 49.8 Å². The summed E-state index contributed by atoms with van der Waals surface area (Å²) in [5, 5.41) is 19.8. The minimum absolute atomic E-state index is 0.227. The first kappa shape index (κ1) is 19.5. The van der Waals surface area contributed by atoms with Gasteiger partial charge in [-0.1, -0.05) is 25.9 Å². The summed E-state index contributed by atoms with van der Waals surface area (Å²) in [5.41, 5.74) is 0.952. The van der Waals surface area contributed by atoms with E-state index < -0.39 is 0 Å². The van der Waals surface area contributed by atoms with E-state index in [-0.39, 0.29) is 6.61 Å². The van der Waals surface area contributed by atoms with Gasteiger partial charge in [0.25, 0.3) is 0 Å². The molecule has 0 amide bonds. The van der Waals surface area contributed by atoms with Crippen LogP contribution in [0.3, 0.4) is 0 Å². The topological polar surface area (TPSA) is 82.7 Å². The molecule has 0 fully saturated rings. The van der Waals surface area contributed by atoms with Gasteiger partial charge in [0.15, 0.2) is 11.7 Å². The van der Waals surface area contributed by atoms with Crippen LogP contribution in [-0.4, -0.2) is 35.9 Å². The number of hydrogen-bond acceptors (Lipinski definition) is 4. The SMILES string of the molecule is CCNC(=NCc1cc(CC)no1)NCC(CCO)CC(C)C. The number of aromatic nitrogens is 1. The number of aliphatic hydroxyl groups is 1. The van der Waals surface area contributed by atoms with Gasteiger partial charge in [-0.15, -0.1) is 0 Å². The molecule has 0 aliphatic heterocycles. The third-order valence-electron chi connectivity index (χ3n) is 3.61. The van der Waals surface area contributed by atoms with Gasteiger partial charge in [0, 0.05) is 25.8 Å². The second-order valence-electron chi connectivity index (χ2n) is 6.22. The van der Waals surface area contributed by atoms with Gasteiger partial charge in [0.05, 0.1) is 5.69 Å². The number of rotatable bonds is 10. The number of nitrogens with zero attached hydrogens (tertiary/aromatic N) is 2. The summed E-state index contributed by atoms with van der Waals surface area (Å²) in [6.07, 6.45) is 2.77. The van der Waals surface area contributed by atoms with Gasteiger partial charge in [0.2, 0.25) is 0 Å². The van der Waals surface area contributed by atoms with Gasteiger partial charge in [0.1, 0.15) is 6.54 Å². The van der Waals surface area contributed by atoms with Crippen LogP contribution in [0.1, 0.15) is 52.0 Å². The monoisotopic (exact) mass is 324 g/mol. The van der Waals surface area contributed by atoms with E-state index in [4.69, 9.17) is 4.52 Å². The van der Waals surface area contributed by atoms with E-state index in [1.165, 1.54) is 0 Å². The number of aliphatic hydroxyl groups excluding tert-OH is 1. The smallest absolute Gasteiger partial charge is 0.191 e. The Morgan fingerprint density at radius 1 is 1.35 bits per heavy atom. The molecule has 1 aromatic heterocycles. The van der Waals surface area contributed by atoms with E-state index >= 15 is 0 Å². The highest BCUT2D eigenvalue weighted by atomic mass is 16.5. The number of nitrogens with one attached hydrogen (secondary N) is 2. The Balaban J connectivity index is 2.56. The lowest BCUT2D eigenvalue weighted by Crippen LogP contribution is -2.40. The highest BCUT2D eigenvalue weighted by molar-refractivity contribution is 5.79. The molecular weight excluding hydrogens is 292 g/mol. The van der Waals surface area contributed by atoms with Crippen LogP contribution in [0.25, 0.3) is 0 Å². The molecule has 23 heavy (non-hydrogen) atoms. The highest BCUT2D eigenvalue weighted by Gasteiger charge is 2.11. The van der Waals surface area contributed by atoms with Crippen LogP contribution in [-0.2, 0) is 13.0 Å². The zero-order chi connectivity index (χ0) is 17.1. The maximum absolute atomic E-state index is 9.20. The van der Waals surface area contributed by atoms with Crippen molar-refractivity contribution >= 4 is 5.96 Å². The Bertz CT molecular complexity index is 457. The Morgan fingerprint density at radius 3 is 2.70 bits per heavy atom. The molecule has 6 nitrogen and oxygen atoms in total. The predicted molar refractivity (Wildman–Crippen MR) is 93.3 cm³/mol. The second kappa shape index (κ2) is 11.0. The molecule has 0 spiro atoms. The molecule has 0 saturated heterocycles. The summed E-state index contributed by atoms with van der Waals surface area (Å²) in [6, 6.07) is 1.94. The Labute approximate surface area is 139 Å². The third-order valence-corrected chi connectivity index (χ3v) is 3.61. The van der Waals surface area contributed by atoms with Gasteiger partial charge in [-0.3, -0.25) is 0 Å². The van der Waals surface area contributed by atoms with Gasteiger partial charge >= 0.3 is 0 Å². The number of guanidine groups is 1. The first-order valence-electron chi connectivity index (χ1n) is 8.66. The Hall–Kier alpha value is -1.56. The summed E-state index contributed by atoms with van der Waals surface area (Å²) in [5.74, 6) is 2.61. The van der Waals surface area contributed by atoms with E-state index in [2.05, 4.69) is 34.6 Å². The Kier molecular flexibility index (Phi) is 9.36. The van der Waals surface area contributed by atoms with Crippen molar-refractivity contribution in [1.82, 2.24) is 15.8 Å². The average Bonchev–Trinajstić information content (AvgIpc) is 2.97. The van der Waals surface area contributed by atoms with Gasteiger partial charge in [-0.25, -0.2) is 4.99 Å². The van der Waals surface area contributed by atoms with Crippen molar-refractivity contribution < 1.29 is 9.63 Å². The molecule has 0 bridgehead atoms. The lowest BCUT2D eigenvalue weighted by molar-refractivity contribution is 0.243. The Morgan fingerprint density at radius 2 is 2.13 bits per heavy atom. The highest BCUT2D eigenvalue weighted by Crippen LogP contribution is 2.14. The normalized spacial score (nSPS) is 13.4. The number of hydrogen-bond donors (Lipinski definition) is 3. The molecule has 1 unspecified atom stereocenters. The van der Waals surface area contributed by atoms with Crippen LogP contribution >= 0.6 is 0 Å². The lowest BCUT2D eigenvalue weighted by atomic mass is 9.94. The fourth-order valence-corrected chi connectivity index (χ4v) is 2.49. The minimum Gasteiger partial charge on any atom is -0.396 e. The summed E-state index contributed by atoms with van der Waals surface area (Å²) >= 11 is 0. The van der Waals surface area contributed by atoms with Crippen molar-refractivity contribution in [2.45, 2.75) is 53.5 Å². The molecule has 1 aromatic rings. The average molecular weight is 324 g/mol. The molecule has 0 aromatic carbocycles. The van der Waals surface area contributed by atoms with Crippen LogP contribution in [0, 0.1) is 11.8 Å². The molecular formula is C17H32N4O2. The van der Waals surface area contributed by atoms with Crippen molar-refractivity contribution in [2.75, 3.05) is 19.7 Å². The largest absolute Gasteiger partial charge is 0.396 e. The molecule has 3 N–H and O–H groups in total. The summed E-state index contributed by atoms with van der Waals surface area (Å²) in [6.45, 7) is 10.8. The zero-order valence-corrected chi connectivity index (χ0v) is 14.9. The molecule has 0 radical (unpaired) electrons. The van der Waals surface area contributed by atoms with Crippen LogP contribution < -0.4 is 10.6 Å². The van der Waals surface area contributed by atoms with Crippen LogP contribution in [0.2, 0.25) is 0 Å². The number of aliphatic imine (C=N–C) groups is 1. The van der Waals surface area contributed by atoms with E-state index in [1.54, 1.807) is 0 Å².